The predicted octanol–water partition coefficient (Wildman–Crippen LogP) is 4.93. The molecule has 2 aliphatic carbocycles. The van der Waals surface area contributed by atoms with Crippen LogP contribution in [0.3, 0.4) is 0 Å². The Kier molecular flexibility index (Phi) is 5.25. The Balaban J connectivity index is 1.20. The van der Waals surface area contributed by atoms with Crippen molar-refractivity contribution < 1.29 is 0 Å². The Labute approximate surface area is 150 Å². The van der Waals surface area contributed by atoms with Gasteiger partial charge in [-0.15, -0.1) is 0 Å². The number of rotatable bonds is 3. The molecule has 0 aromatic rings. The Morgan fingerprint density at radius 1 is 0.667 bits per heavy atom. The van der Waals surface area contributed by atoms with Crippen molar-refractivity contribution in [1.29, 1.82) is 0 Å². The van der Waals surface area contributed by atoms with Crippen LogP contribution in [0, 0.1) is 17.3 Å². The summed E-state index contributed by atoms with van der Waals surface area (Å²) >= 11 is 0. The van der Waals surface area contributed by atoms with E-state index in [2.05, 4.69) is 23.6 Å². The maximum atomic E-state index is 2.88. The van der Waals surface area contributed by atoms with Crippen molar-refractivity contribution in [2.75, 3.05) is 26.2 Å². The van der Waals surface area contributed by atoms with Gasteiger partial charge in [-0.25, -0.2) is 0 Å². The first kappa shape index (κ1) is 17.3. The summed E-state index contributed by atoms with van der Waals surface area (Å²) in [5.74, 6) is 1.88. The van der Waals surface area contributed by atoms with E-state index in [9.17, 15) is 0 Å². The third kappa shape index (κ3) is 3.56. The van der Waals surface area contributed by atoms with E-state index in [1.54, 1.807) is 25.7 Å². The van der Waals surface area contributed by atoms with E-state index < -0.39 is 0 Å². The number of nitrogens with zero attached hydrogens (tertiary/aromatic N) is 2. The molecule has 1 spiro atoms. The molecular weight excluding hydrogens is 292 g/mol. The number of hydrogen-bond donors (Lipinski definition) is 0. The first-order chi connectivity index (χ1) is 11.7. The van der Waals surface area contributed by atoms with Crippen LogP contribution in [0.25, 0.3) is 0 Å². The van der Waals surface area contributed by atoms with Crippen LogP contribution in [0.5, 0.6) is 0 Å². The van der Waals surface area contributed by atoms with E-state index in [0.717, 1.165) is 29.3 Å². The number of likely N-dealkylation sites (tertiary alicyclic amines) is 2. The second kappa shape index (κ2) is 7.27. The molecule has 2 heteroatoms. The molecule has 24 heavy (non-hydrogen) atoms. The van der Waals surface area contributed by atoms with Crippen molar-refractivity contribution >= 4 is 0 Å². The molecule has 0 aromatic carbocycles. The quantitative estimate of drug-likeness (QED) is 0.723. The molecule has 4 rings (SSSR count). The van der Waals surface area contributed by atoms with Gasteiger partial charge < -0.3 is 9.80 Å². The zero-order valence-corrected chi connectivity index (χ0v) is 16.3. The van der Waals surface area contributed by atoms with Crippen LogP contribution in [-0.2, 0) is 0 Å². The van der Waals surface area contributed by atoms with E-state index in [1.807, 2.05) is 0 Å². The van der Waals surface area contributed by atoms with Crippen LogP contribution in [0.4, 0.5) is 0 Å². The lowest BCUT2D eigenvalue weighted by Gasteiger charge is -2.50. The average Bonchev–Trinajstić information content (AvgIpc) is 2.61. The lowest BCUT2D eigenvalue weighted by atomic mass is 9.60. The number of piperidine rings is 2. The zero-order valence-electron chi connectivity index (χ0n) is 16.3. The minimum atomic E-state index is 0.829. The summed E-state index contributed by atoms with van der Waals surface area (Å²) in [7, 11) is 0. The fourth-order valence-electron chi connectivity index (χ4n) is 6.32. The van der Waals surface area contributed by atoms with Crippen LogP contribution < -0.4 is 0 Å². The molecule has 2 heterocycles. The summed E-state index contributed by atoms with van der Waals surface area (Å²) < 4.78 is 0. The van der Waals surface area contributed by atoms with Gasteiger partial charge in [0.15, 0.2) is 0 Å². The molecule has 0 aromatic heterocycles. The lowest BCUT2D eigenvalue weighted by molar-refractivity contribution is 0.00797. The summed E-state index contributed by atoms with van der Waals surface area (Å²) in [6.07, 6.45) is 16.5. The Morgan fingerprint density at radius 3 is 1.62 bits per heavy atom. The lowest BCUT2D eigenvalue weighted by Crippen LogP contribution is -2.51. The van der Waals surface area contributed by atoms with Gasteiger partial charge in [0.2, 0.25) is 0 Å². The van der Waals surface area contributed by atoms with Crippen LogP contribution in [0.15, 0.2) is 0 Å². The molecule has 0 atom stereocenters. The molecule has 0 N–H and O–H groups in total. The largest absolute Gasteiger partial charge is 0.300 e. The maximum Gasteiger partial charge on any atom is 0.0120 e. The van der Waals surface area contributed by atoms with Gasteiger partial charge in [0.1, 0.15) is 0 Å². The fraction of sp³-hybridized carbons (Fsp3) is 1.00. The first-order valence-corrected chi connectivity index (χ1v) is 11.1. The third-order valence-electron chi connectivity index (χ3n) is 8.48. The van der Waals surface area contributed by atoms with Crippen molar-refractivity contribution in [3.8, 4) is 0 Å². The predicted molar refractivity (Wildman–Crippen MR) is 102 cm³/mol. The highest BCUT2D eigenvalue weighted by Gasteiger charge is 2.41. The maximum absolute atomic E-state index is 2.88. The number of hydrogen-bond acceptors (Lipinski definition) is 2. The molecule has 0 bridgehead atoms. The molecule has 2 nitrogen and oxygen atoms in total. The topological polar surface area (TPSA) is 6.48 Å². The second-order valence-electron chi connectivity index (χ2n) is 9.97. The summed E-state index contributed by atoms with van der Waals surface area (Å²) in [5, 5.41) is 0. The van der Waals surface area contributed by atoms with E-state index in [4.69, 9.17) is 0 Å². The van der Waals surface area contributed by atoms with Gasteiger partial charge in [0, 0.05) is 12.1 Å². The van der Waals surface area contributed by atoms with Crippen molar-refractivity contribution in [3.05, 3.63) is 0 Å². The van der Waals surface area contributed by atoms with Gasteiger partial charge >= 0.3 is 0 Å². The van der Waals surface area contributed by atoms with Crippen LogP contribution in [0.2, 0.25) is 0 Å². The van der Waals surface area contributed by atoms with Crippen LogP contribution in [0.1, 0.15) is 84.5 Å². The summed E-state index contributed by atoms with van der Waals surface area (Å²) in [6.45, 7) is 10.3. The smallest absolute Gasteiger partial charge is 0.0120 e. The monoisotopic (exact) mass is 332 g/mol. The molecule has 2 saturated heterocycles. The van der Waals surface area contributed by atoms with Gasteiger partial charge in [0.05, 0.1) is 0 Å². The van der Waals surface area contributed by atoms with Gasteiger partial charge in [-0.05, 0) is 108 Å². The minimum absolute atomic E-state index is 0.829. The second-order valence-corrected chi connectivity index (χ2v) is 9.97. The zero-order chi connectivity index (χ0) is 16.6. The average molecular weight is 333 g/mol. The Bertz CT molecular complexity index is 388. The van der Waals surface area contributed by atoms with Crippen molar-refractivity contribution in [1.82, 2.24) is 9.80 Å². The van der Waals surface area contributed by atoms with Crippen LogP contribution in [-0.4, -0.2) is 48.1 Å². The van der Waals surface area contributed by atoms with E-state index in [0.29, 0.717) is 0 Å². The minimum Gasteiger partial charge on any atom is -0.300 e. The third-order valence-corrected chi connectivity index (χ3v) is 8.48. The highest BCUT2D eigenvalue weighted by Crippen LogP contribution is 2.52. The highest BCUT2D eigenvalue weighted by atomic mass is 15.2. The van der Waals surface area contributed by atoms with Crippen molar-refractivity contribution in [2.24, 2.45) is 17.3 Å². The van der Waals surface area contributed by atoms with Crippen LogP contribution >= 0.6 is 0 Å². The van der Waals surface area contributed by atoms with Gasteiger partial charge in [-0.1, -0.05) is 20.3 Å². The van der Waals surface area contributed by atoms with Gasteiger partial charge in [0.25, 0.3) is 0 Å². The molecule has 0 amide bonds. The van der Waals surface area contributed by atoms with Crippen molar-refractivity contribution in [2.45, 2.75) is 96.6 Å². The summed E-state index contributed by atoms with van der Waals surface area (Å²) in [5.41, 5.74) is 0.829. The fourth-order valence-corrected chi connectivity index (χ4v) is 6.32. The molecule has 4 aliphatic rings. The molecule has 4 fully saturated rings. The first-order valence-electron chi connectivity index (χ1n) is 11.1. The summed E-state index contributed by atoms with van der Waals surface area (Å²) in [6, 6.07) is 1.83. The van der Waals surface area contributed by atoms with E-state index in [1.165, 1.54) is 71.1 Å². The normalized spacial score (nSPS) is 31.6. The standard InChI is InChI=1S/C22H40N2/c1-18(2)19-6-14-23(15-7-19)21-8-16-24(17-9-21)20-4-12-22(13-5-20)10-3-11-22/h18-21H,3-17H2,1-2H3. The Morgan fingerprint density at radius 2 is 1.17 bits per heavy atom. The van der Waals surface area contributed by atoms with Crippen molar-refractivity contribution in [3.63, 3.8) is 0 Å². The molecule has 138 valence electrons. The van der Waals surface area contributed by atoms with E-state index in [-0.39, 0.29) is 0 Å². The van der Waals surface area contributed by atoms with E-state index >= 15 is 0 Å². The van der Waals surface area contributed by atoms with Gasteiger partial charge in [-0.3, -0.25) is 0 Å². The SMILES string of the molecule is CC(C)C1CCN(C2CCN(C3CCC4(CCC4)CC3)CC2)CC1. The van der Waals surface area contributed by atoms with Gasteiger partial charge in [-0.2, -0.15) is 0 Å². The molecular formula is C22H40N2. The molecule has 0 unspecified atom stereocenters. The molecule has 0 radical (unpaired) electrons. The highest BCUT2D eigenvalue weighted by molar-refractivity contribution is 4.95. The molecule has 2 saturated carbocycles. The molecule has 2 aliphatic heterocycles. The summed E-state index contributed by atoms with van der Waals surface area (Å²) in [4.78, 5) is 5.73. The Hall–Kier alpha value is -0.0800.